The van der Waals surface area contributed by atoms with E-state index in [1.807, 2.05) is 31.2 Å². The molecule has 0 atom stereocenters. The molecule has 2 N–H and O–H groups in total. The summed E-state index contributed by atoms with van der Waals surface area (Å²) in [6.07, 6.45) is 0. The van der Waals surface area contributed by atoms with Gasteiger partial charge in [-0.05, 0) is 30.4 Å². The van der Waals surface area contributed by atoms with Crippen molar-refractivity contribution in [1.29, 1.82) is 0 Å². The number of sulfonamides is 1. The fourth-order valence-corrected chi connectivity index (χ4v) is 4.71. The number of aliphatic hydroxyl groups is 1. The Hall–Kier alpha value is -1.21. The Bertz CT molecular complexity index is 705. The van der Waals surface area contributed by atoms with Crippen LogP contribution < -0.4 is 4.72 Å². The minimum Gasteiger partial charge on any atom is -0.391 e. The molecule has 6 heteroatoms. The Morgan fingerprint density at radius 1 is 1.30 bits per heavy atom. The van der Waals surface area contributed by atoms with Crippen molar-refractivity contribution in [2.75, 3.05) is 0 Å². The lowest BCUT2D eigenvalue weighted by atomic mass is 10.1. The maximum absolute atomic E-state index is 12.3. The molecule has 2 aromatic rings. The van der Waals surface area contributed by atoms with Crippen molar-refractivity contribution >= 4 is 21.4 Å². The molecule has 0 unspecified atom stereocenters. The number of aliphatic hydroxyl groups excluding tert-OH is 1. The van der Waals surface area contributed by atoms with Crippen molar-refractivity contribution in [3.8, 4) is 0 Å². The SMILES string of the molecule is Cc1cccc(CNS(=O)(=O)c2c(C)csc2CO)c1. The van der Waals surface area contributed by atoms with Crippen LogP contribution in [0.4, 0.5) is 0 Å². The van der Waals surface area contributed by atoms with Crippen LogP contribution in [0.1, 0.15) is 21.6 Å². The summed E-state index contributed by atoms with van der Waals surface area (Å²) in [4.78, 5) is 0.678. The first kappa shape index (κ1) is 15.2. The standard InChI is InChI=1S/C14H17NO3S2/c1-10-4-3-5-12(6-10)7-15-20(17,18)14-11(2)9-19-13(14)8-16/h3-6,9,15-16H,7-8H2,1-2H3. The number of aryl methyl sites for hydroxylation is 2. The predicted molar refractivity (Wildman–Crippen MR) is 80.2 cm³/mol. The number of hydrogen-bond donors (Lipinski definition) is 2. The van der Waals surface area contributed by atoms with E-state index >= 15 is 0 Å². The smallest absolute Gasteiger partial charge is 0.242 e. The summed E-state index contributed by atoms with van der Waals surface area (Å²) in [7, 11) is -3.60. The number of rotatable bonds is 5. The van der Waals surface area contributed by atoms with Crippen LogP contribution in [0.15, 0.2) is 34.5 Å². The van der Waals surface area contributed by atoms with Gasteiger partial charge in [0.25, 0.3) is 0 Å². The fourth-order valence-electron chi connectivity index (χ4n) is 2.03. The molecule has 0 bridgehead atoms. The van der Waals surface area contributed by atoms with E-state index < -0.39 is 10.0 Å². The largest absolute Gasteiger partial charge is 0.391 e. The van der Waals surface area contributed by atoms with E-state index in [0.717, 1.165) is 11.1 Å². The number of hydrogen-bond acceptors (Lipinski definition) is 4. The van der Waals surface area contributed by atoms with Crippen molar-refractivity contribution in [3.63, 3.8) is 0 Å². The molecule has 0 saturated carbocycles. The molecule has 4 nitrogen and oxygen atoms in total. The van der Waals surface area contributed by atoms with Crippen molar-refractivity contribution in [2.24, 2.45) is 0 Å². The van der Waals surface area contributed by atoms with Gasteiger partial charge in [-0.2, -0.15) is 0 Å². The van der Waals surface area contributed by atoms with Crippen LogP contribution >= 0.6 is 11.3 Å². The normalized spacial score (nSPS) is 11.8. The molecule has 0 saturated heterocycles. The van der Waals surface area contributed by atoms with Gasteiger partial charge in [0.2, 0.25) is 10.0 Å². The number of thiophene rings is 1. The maximum Gasteiger partial charge on any atom is 0.242 e. The van der Waals surface area contributed by atoms with E-state index in [-0.39, 0.29) is 18.0 Å². The quantitative estimate of drug-likeness (QED) is 0.890. The molecule has 0 aliphatic heterocycles. The van der Waals surface area contributed by atoms with Crippen LogP contribution in [0.2, 0.25) is 0 Å². The first-order valence-electron chi connectivity index (χ1n) is 6.17. The van der Waals surface area contributed by atoms with Gasteiger partial charge >= 0.3 is 0 Å². The van der Waals surface area contributed by atoms with Crippen molar-refractivity contribution in [2.45, 2.75) is 31.9 Å². The summed E-state index contributed by atoms with van der Waals surface area (Å²) >= 11 is 1.26. The van der Waals surface area contributed by atoms with Crippen LogP contribution in [-0.2, 0) is 23.2 Å². The molecule has 108 valence electrons. The Morgan fingerprint density at radius 3 is 2.70 bits per heavy atom. The van der Waals surface area contributed by atoms with Gasteiger partial charge < -0.3 is 5.11 Å². The van der Waals surface area contributed by atoms with Gasteiger partial charge in [0.05, 0.1) is 11.5 Å². The van der Waals surface area contributed by atoms with E-state index in [9.17, 15) is 13.5 Å². The van der Waals surface area contributed by atoms with Crippen molar-refractivity contribution in [3.05, 3.63) is 51.2 Å². The summed E-state index contributed by atoms with van der Waals surface area (Å²) in [5, 5.41) is 11.0. The zero-order valence-corrected chi connectivity index (χ0v) is 13.0. The predicted octanol–water partition coefficient (Wildman–Crippen LogP) is 2.34. The molecule has 1 heterocycles. The second kappa shape index (κ2) is 6.05. The van der Waals surface area contributed by atoms with E-state index in [2.05, 4.69) is 4.72 Å². The highest BCUT2D eigenvalue weighted by Crippen LogP contribution is 2.26. The summed E-state index contributed by atoms with van der Waals surface area (Å²) in [5.74, 6) is 0. The highest BCUT2D eigenvalue weighted by Gasteiger charge is 2.22. The highest BCUT2D eigenvalue weighted by atomic mass is 32.2. The second-order valence-corrected chi connectivity index (χ2v) is 7.31. The summed E-state index contributed by atoms with van der Waals surface area (Å²) in [6.45, 7) is 3.67. The molecule has 1 aromatic heterocycles. The maximum atomic E-state index is 12.3. The van der Waals surface area contributed by atoms with Gasteiger partial charge in [-0.3, -0.25) is 0 Å². The van der Waals surface area contributed by atoms with E-state index in [1.54, 1.807) is 12.3 Å². The van der Waals surface area contributed by atoms with Gasteiger partial charge in [-0.1, -0.05) is 29.8 Å². The Morgan fingerprint density at radius 2 is 2.05 bits per heavy atom. The molecule has 1 aromatic carbocycles. The first-order valence-corrected chi connectivity index (χ1v) is 8.53. The fraction of sp³-hybridized carbons (Fsp3) is 0.286. The van der Waals surface area contributed by atoms with Crippen LogP contribution in [-0.4, -0.2) is 13.5 Å². The van der Waals surface area contributed by atoms with Gasteiger partial charge in [-0.25, -0.2) is 13.1 Å². The molecule has 0 aliphatic carbocycles. The summed E-state index contributed by atoms with van der Waals surface area (Å²) in [5.41, 5.74) is 2.66. The average molecular weight is 311 g/mol. The van der Waals surface area contributed by atoms with E-state index in [4.69, 9.17) is 0 Å². The summed E-state index contributed by atoms with van der Waals surface area (Å²) < 4.78 is 27.3. The topological polar surface area (TPSA) is 66.4 Å². The lowest BCUT2D eigenvalue weighted by molar-refractivity contribution is 0.282. The van der Waals surface area contributed by atoms with E-state index in [1.165, 1.54) is 11.3 Å². The van der Waals surface area contributed by atoms with Gasteiger partial charge in [0.1, 0.15) is 4.90 Å². The molecule has 0 radical (unpaired) electrons. The zero-order chi connectivity index (χ0) is 14.8. The Labute approximate surface area is 123 Å². The molecule has 0 fully saturated rings. The average Bonchev–Trinajstić information content (AvgIpc) is 2.78. The minimum atomic E-state index is -3.60. The van der Waals surface area contributed by atoms with Crippen molar-refractivity contribution < 1.29 is 13.5 Å². The molecular weight excluding hydrogens is 294 g/mol. The second-order valence-electron chi connectivity index (χ2n) is 4.64. The lowest BCUT2D eigenvalue weighted by Crippen LogP contribution is -2.24. The lowest BCUT2D eigenvalue weighted by Gasteiger charge is -2.09. The Kier molecular flexibility index (Phi) is 4.59. The molecule has 0 amide bonds. The third-order valence-corrected chi connectivity index (χ3v) is 5.80. The summed E-state index contributed by atoms with van der Waals surface area (Å²) in [6, 6.07) is 7.68. The van der Waals surface area contributed by atoms with E-state index in [0.29, 0.717) is 10.4 Å². The number of benzene rings is 1. The minimum absolute atomic E-state index is 0.206. The molecule has 0 spiro atoms. The molecule has 0 aliphatic rings. The first-order chi connectivity index (χ1) is 9.44. The zero-order valence-electron chi connectivity index (χ0n) is 11.4. The Balaban J connectivity index is 2.21. The monoisotopic (exact) mass is 311 g/mol. The van der Waals surface area contributed by atoms with Crippen LogP contribution in [0.3, 0.4) is 0 Å². The molecular formula is C14H17NO3S2. The van der Waals surface area contributed by atoms with Crippen molar-refractivity contribution in [1.82, 2.24) is 4.72 Å². The molecule has 2 rings (SSSR count). The van der Waals surface area contributed by atoms with Crippen LogP contribution in [0.5, 0.6) is 0 Å². The highest BCUT2D eigenvalue weighted by molar-refractivity contribution is 7.89. The molecule has 20 heavy (non-hydrogen) atoms. The van der Waals surface area contributed by atoms with Gasteiger partial charge in [0.15, 0.2) is 0 Å². The third kappa shape index (κ3) is 3.27. The third-order valence-electron chi connectivity index (χ3n) is 2.95. The van der Waals surface area contributed by atoms with Gasteiger partial charge in [-0.15, -0.1) is 11.3 Å². The van der Waals surface area contributed by atoms with Crippen LogP contribution in [0, 0.1) is 13.8 Å². The van der Waals surface area contributed by atoms with Crippen LogP contribution in [0.25, 0.3) is 0 Å². The van der Waals surface area contributed by atoms with Gasteiger partial charge in [0, 0.05) is 6.54 Å². The number of nitrogens with one attached hydrogen (secondary N) is 1.